The summed E-state index contributed by atoms with van der Waals surface area (Å²) in [6.07, 6.45) is 11.0. The highest BCUT2D eigenvalue weighted by molar-refractivity contribution is 5.76. The first-order chi connectivity index (χ1) is 14.1. The first-order valence-corrected chi connectivity index (χ1v) is 9.69. The normalized spacial score (nSPS) is 15.4. The molecule has 6 nitrogen and oxygen atoms in total. The zero-order chi connectivity index (χ0) is 20.0. The van der Waals surface area contributed by atoms with Crippen molar-refractivity contribution in [2.45, 2.75) is 38.3 Å². The van der Waals surface area contributed by atoms with E-state index >= 15 is 0 Å². The van der Waals surface area contributed by atoms with Crippen molar-refractivity contribution in [3.8, 4) is 11.1 Å². The number of benzene rings is 1. The maximum absolute atomic E-state index is 14.1. The molecule has 0 bridgehead atoms. The molecule has 0 spiro atoms. The van der Waals surface area contributed by atoms with Crippen LogP contribution in [0.2, 0.25) is 0 Å². The minimum atomic E-state index is -0.472. The fourth-order valence-electron chi connectivity index (χ4n) is 3.63. The molecule has 148 valence electrons. The molecular weight excluding hydrogens is 374 g/mol. The molecule has 1 fully saturated rings. The van der Waals surface area contributed by atoms with Crippen molar-refractivity contribution in [1.29, 1.82) is 0 Å². The van der Waals surface area contributed by atoms with Crippen LogP contribution in [0.1, 0.15) is 43.8 Å². The van der Waals surface area contributed by atoms with Gasteiger partial charge in [0.25, 0.3) is 0 Å². The van der Waals surface area contributed by atoms with Crippen molar-refractivity contribution in [2.75, 3.05) is 5.32 Å². The highest BCUT2D eigenvalue weighted by atomic mass is 19.1. The van der Waals surface area contributed by atoms with E-state index in [1.165, 1.54) is 12.5 Å². The summed E-state index contributed by atoms with van der Waals surface area (Å²) < 4.78 is 31.3. The lowest BCUT2D eigenvalue weighted by Gasteiger charge is -2.25. The Balaban J connectivity index is 1.44. The van der Waals surface area contributed by atoms with Crippen molar-refractivity contribution >= 4 is 11.5 Å². The predicted octanol–water partition coefficient (Wildman–Crippen LogP) is 4.77. The van der Waals surface area contributed by atoms with E-state index in [4.69, 9.17) is 0 Å². The molecule has 0 amide bonds. The van der Waals surface area contributed by atoms with Gasteiger partial charge in [-0.3, -0.25) is 4.68 Å². The van der Waals surface area contributed by atoms with Gasteiger partial charge in [0.2, 0.25) is 0 Å². The third kappa shape index (κ3) is 3.24. The van der Waals surface area contributed by atoms with E-state index in [9.17, 15) is 8.78 Å². The Morgan fingerprint density at radius 3 is 2.79 bits per heavy atom. The minimum Gasteiger partial charge on any atom is -0.363 e. The molecule has 8 heteroatoms. The number of nitrogens with zero attached hydrogens (tertiary/aromatic N) is 5. The number of rotatable bonds is 5. The summed E-state index contributed by atoms with van der Waals surface area (Å²) in [5, 5.41) is 12.0. The van der Waals surface area contributed by atoms with Crippen LogP contribution in [0, 0.1) is 11.6 Å². The fourth-order valence-corrected chi connectivity index (χ4v) is 3.63. The van der Waals surface area contributed by atoms with Crippen LogP contribution >= 0.6 is 0 Å². The molecule has 1 saturated carbocycles. The van der Waals surface area contributed by atoms with E-state index in [1.54, 1.807) is 29.9 Å². The molecule has 3 aromatic heterocycles. The molecule has 0 radical (unpaired) electrons. The van der Waals surface area contributed by atoms with Gasteiger partial charge in [0.1, 0.15) is 17.5 Å². The maximum Gasteiger partial charge on any atom is 0.165 e. The van der Waals surface area contributed by atoms with Crippen molar-refractivity contribution in [1.82, 2.24) is 24.4 Å². The van der Waals surface area contributed by atoms with Gasteiger partial charge in [0.05, 0.1) is 24.5 Å². The van der Waals surface area contributed by atoms with Gasteiger partial charge in [-0.15, -0.1) is 0 Å². The van der Waals surface area contributed by atoms with Crippen LogP contribution in [-0.2, 0) is 0 Å². The Morgan fingerprint density at radius 2 is 2.00 bits per heavy atom. The molecule has 1 atom stereocenters. The van der Waals surface area contributed by atoms with Crippen LogP contribution in [0.3, 0.4) is 0 Å². The highest BCUT2D eigenvalue weighted by Gasteiger charge is 2.21. The number of halogens is 2. The second-order valence-corrected chi connectivity index (χ2v) is 7.46. The monoisotopic (exact) mass is 394 g/mol. The number of nitrogens with one attached hydrogen (secondary N) is 1. The van der Waals surface area contributed by atoms with Gasteiger partial charge in [0, 0.05) is 29.1 Å². The van der Waals surface area contributed by atoms with Gasteiger partial charge in [-0.1, -0.05) is 0 Å². The number of aromatic nitrogens is 5. The summed E-state index contributed by atoms with van der Waals surface area (Å²) in [6, 6.07) is 5.23. The van der Waals surface area contributed by atoms with Gasteiger partial charge in [-0.2, -0.15) is 10.2 Å². The average Bonchev–Trinajstić information content (AvgIpc) is 3.29. The van der Waals surface area contributed by atoms with Crippen LogP contribution in [0.5, 0.6) is 0 Å². The topological polar surface area (TPSA) is 60.0 Å². The van der Waals surface area contributed by atoms with E-state index in [0.717, 1.165) is 36.1 Å². The van der Waals surface area contributed by atoms with Crippen LogP contribution in [0.25, 0.3) is 16.8 Å². The molecule has 0 aliphatic heterocycles. The smallest absolute Gasteiger partial charge is 0.165 e. The Kier molecular flexibility index (Phi) is 4.26. The molecule has 5 rings (SSSR count). The Morgan fingerprint density at radius 1 is 1.14 bits per heavy atom. The van der Waals surface area contributed by atoms with Gasteiger partial charge < -0.3 is 5.32 Å². The van der Waals surface area contributed by atoms with E-state index in [1.807, 2.05) is 17.1 Å². The van der Waals surface area contributed by atoms with Crippen molar-refractivity contribution in [3.63, 3.8) is 0 Å². The second-order valence-electron chi connectivity index (χ2n) is 7.46. The van der Waals surface area contributed by atoms with Gasteiger partial charge >= 0.3 is 0 Å². The summed E-state index contributed by atoms with van der Waals surface area (Å²) in [7, 11) is 0. The first-order valence-electron chi connectivity index (χ1n) is 9.69. The quantitative estimate of drug-likeness (QED) is 0.530. The molecule has 29 heavy (non-hydrogen) atoms. The summed E-state index contributed by atoms with van der Waals surface area (Å²) in [5.74, 6) is -0.372. The molecule has 1 aliphatic carbocycles. The standard InChI is InChI=1S/C21H20F2N6/c1-13(17-9-15(22)5-6-19(17)23)26-20-7-8-28-21(27-20)18(11-25-28)14-10-24-29(12-14)16-3-2-4-16/h5-13,16H,2-4H2,1H3,(H,26,27)/t13-/m1/s1. The molecule has 0 unspecified atom stereocenters. The van der Waals surface area contributed by atoms with E-state index < -0.39 is 17.7 Å². The van der Waals surface area contributed by atoms with E-state index in [-0.39, 0.29) is 5.56 Å². The van der Waals surface area contributed by atoms with Crippen molar-refractivity contribution in [3.05, 3.63) is 66.3 Å². The van der Waals surface area contributed by atoms with Crippen molar-refractivity contribution in [2.24, 2.45) is 0 Å². The second kappa shape index (κ2) is 6.95. The lowest BCUT2D eigenvalue weighted by molar-refractivity contribution is 0.289. The summed E-state index contributed by atoms with van der Waals surface area (Å²) in [6.45, 7) is 1.77. The zero-order valence-electron chi connectivity index (χ0n) is 15.9. The number of hydrogen-bond donors (Lipinski definition) is 1. The fraction of sp³-hybridized carbons (Fsp3) is 0.286. The largest absolute Gasteiger partial charge is 0.363 e. The van der Waals surface area contributed by atoms with Gasteiger partial charge in [-0.25, -0.2) is 18.3 Å². The average molecular weight is 394 g/mol. The van der Waals surface area contributed by atoms with Crippen LogP contribution < -0.4 is 5.32 Å². The SMILES string of the molecule is C[C@@H](Nc1ccn2ncc(-c3cnn(C4CCC4)c3)c2n1)c1cc(F)ccc1F. The molecule has 1 aromatic carbocycles. The molecule has 3 heterocycles. The molecular formula is C21H20F2N6. The van der Waals surface area contributed by atoms with Gasteiger partial charge in [0.15, 0.2) is 5.65 Å². The molecule has 0 saturated heterocycles. The van der Waals surface area contributed by atoms with Crippen LogP contribution in [0.15, 0.2) is 49.1 Å². The first kappa shape index (κ1) is 17.8. The molecule has 1 aliphatic rings. The van der Waals surface area contributed by atoms with E-state index in [2.05, 4.69) is 20.5 Å². The Labute approximate surface area is 166 Å². The molecule has 4 aromatic rings. The Hall–Kier alpha value is -3.29. The molecule has 1 N–H and O–H groups in total. The van der Waals surface area contributed by atoms with Gasteiger partial charge in [-0.05, 0) is 50.5 Å². The van der Waals surface area contributed by atoms with Crippen LogP contribution in [0.4, 0.5) is 14.6 Å². The Bertz CT molecular complexity index is 1180. The zero-order valence-corrected chi connectivity index (χ0v) is 15.9. The summed E-state index contributed by atoms with van der Waals surface area (Å²) >= 11 is 0. The van der Waals surface area contributed by atoms with E-state index in [0.29, 0.717) is 17.5 Å². The highest BCUT2D eigenvalue weighted by Crippen LogP contribution is 2.33. The number of fused-ring (bicyclic) bond motifs is 1. The lowest BCUT2D eigenvalue weighted by atomic mass is 9.93. The third-order valence-electron chi connectivity index (χ3n) is 5.52. The maximum atomic E-state index is 14.1. The third-order valence-corrected chi connectivity index (χ3v) is 5.52. The predicted molar refractivity (Wildman–Crippen MR) is 105 cm³/mol. The van der Waals surface area contributed by atoms with Crippen molar-refractivity contribution < 1.29 is 8.78 Å². The number of anilines is 1. The summed E-state index contributed by atoms with van der Waals surface area (Å²) in [4.78, 5) is 4.65. The number of hydrogen-bond acceptors (Lipinski definition) is 4. The minimum absolute atomic E-state index is 0.252. The summed E-state index contributed by atoms with van der Waals surface area (Å²) in [5.41, 5.74) is 2.77. The van der Waals surface area contributed by atoms with Crippen LogP contribution in [-0.4, -0.2) is 24.4 Å². The lowest BCUT2D eigenvalue weighted by Crippen LogP contribution is -2.16.